The number of thiophene rings is 1. The smallest absolute Gasteiger partial charge is 0.337 e. The van der Waals surface area contributed by atoms with Crippen molar-refractivity contribution < 1.29 is 14.3 Å². The van der Waals surface area contributed by atoms with Crippen molar-refractivity contribution in [3.63, 3.8) is 0 Å². The molecule has 1 aliphatic rings. The molecular formula is C28H24N4O5S2. The molecule has 0 bridgehead atoms. The van der Waals surface area contributed by atoms with Crippen molar-refractivity contribution in [1.82, 2.24) is 19.5 Å². The molecule has 0 atom stereocenters. The van der Waals surface area contributed by atoms with Crippen molar-refractivity contribution in [2.24, 2.45) is 0 Å². The van der Waals surface area contributed by atoms with Crippen LogP contribution in [0, 0.1) is 0 Å². The molecule has 39 heavy (non-hydrogen) atoms. The van der Waals surface area contributed by atoms with Crippen LogP contribution in [-0.2, 0) is 23.3 Å². The van der Waals surface area contributed by atoms with Crippen molar-refractivity contribution in [3.05, 3.63) is 85.0 Å². The molecule has 11 heteroatoms. The van der Waals surface area contributed by atoms with Gasteiger partial charge in [-0.3, -0.25) is 14.2 Å². The van der Waals surface area contributed by atoms with Gasteiger partial charge in [-0.1, -0.05) is 11.8 Å². The number of fused-ring (bicyclic) bond motifs is 4. The second-order valence-electron chi connectivity index (χ2n) is 9.02. The van der Waals surface area contributed by atoms with Crippen molar-refractivity contribution >= 4 is 50.2 Å². The molecule has 0 fully saturated rings. The van der Waals surface area contributed by atoms with Gasteiger partial charge >= 0.3 is 5.97 Å². The minimum atomic E-state index is -0.505. The van der Waals surface area contributed by atoms with Gasteiger partial charge in [0.05, 0.1) is 47.0 Å². The Hall–Kier alpha value is -3.96. The van der Waals surface area contributed by atoms with E-state index < -0.39 is 5.97 Å². The van der Waals surface area contributed by atoms with Crippen molar-refractivity contribution in [2.45, 2.75) is 37.1 Å². The first kappa shape index (κ1) is 25.3. The van der Waals surface area contributed by atoms with Crippen LogP contribution in [0.2, 0.25) is 0 Å². The maximum atomic E-state index is 13.9. The van der Waals surface area contributed by atoms with Gasteiger partial charge < -0.3 is 14.5 Å². The van der Waals surface area contributed by atoms with E-state index in [2.05, 4.69) is 9.97 Å². The summed E-state index contributed by atoms with van der Waals surface area (Å²) in [5.74, 6) is 0.877. The van der Waals surface area contributed by atoms with Crippen LogP contribution >= 0.6 is 23.1 Å². The van der Waals surface area contributed by atoms with E-state index in [1.807, 2.05) is 31.2 Å². The SMILES string of the molecule is CCOc1ccc(-n2c(SCc3nc4cc(C(=O)OC)ccc4c(=O)[nH]3)nc3sc4c(c3c2=O)CCC4)cc1. The molecule has 6 rings (SSSR count). The highest BCUT2D eigenvalue weighted by atomic mass is 32.2. The van der Waals surface area contributed by atoms with Gasteiger partial charge in [-0.05, 0) is 74.2 Å². The van der Waals surface area contributed by atoms with Gasteiger partial charge in [0, 0.05) is 4.88 Å². The summed E-state index contributed by atoms with van der Waals surface area (Å²) in [6.45, 7) is 2.47. The van der Waals surface area contributed by atoms with Crippen LogP contribution < -0.4 is 15.9 Å². The number of carbonyl (C=O) groups is 1. The van der Waals surface area contributed by atoms with Gasteiger partial charge in [0.25, 0.3) is 11.1 Å². The molecule has 1 N–H and O–H groups in total. The number of esters is 1. The second-order valence-corrected chi connectivity index (χ2v) is 11.1. The minimum absolute atomic E-state index is 0.103. The number of nitrogens with one attached hydrogen (secondary N) is 1. The number of nitrogens with zero attached hydrogens (tertiary/aromatic N) is 3. The average molecular weight is 561 g/mol. The fraction of sp³-hybridized carbons (Fsp3) is 0.250. The summed E-state index contributed by atoms with van der Waals surface area (Å²) in [6.07, 6.45) is 2.91. The zero-order chi connectivity index (χ0) is 27.1. The maximum absolute atomic E-state index is 13.9. The number of rotatable bonds is 7. The largest absolute Gasteiger partial charge is 0.494 e. The van der Waals surface area contributed by atoms with E-state index in [0.717, 1.165) is 35.4 Å². The van der Waals surface area contributed by atoms with Gasteiger partial charge in [0.1, 0.15) is 16.4 Å². The number of ether oxygens (including phenoxy) is 2. The Balaban J connectivity index is 1.42. The molecule has 9 nitrogen and oxygen atoms in total. The highest BCUT2D eigenvalue weighted by Gasteiger charge is 2.24. The summed E-state index contributed by atoms with van der Waals surface area (Å²) in [5, 5.41) is 1.57. The third kappa shape index (κ3) is 4.61. The zero-order valence-electron chi connectivity index (χ0n) is 21.3. The number of hydrogen-bond donors (Lipinski definition) is 1. The predicted molar refractivity (Wildman–Crippen MR) is 152 cm³/mol. The third-order valence-electron chi connectivity index (χ3n) is 6.63. The van der Waals surface area contributed by atoms with E-state index in [0.29, 0.717) is 45.1 Å². The number of methoxy groups -OCH3 is 1. The molecule has 3 heterocycles. The van der Waals surface area contributed by atoms with Crippen molar-refractivity contribution in [1.29, 1.82) is 0 Å². The van der Waals surface area contributed by atoms with Crippen LogP contribution in [0.5, 0.6) is 5.75 Å². The first-order valence-electron chi connectivity index (χ1n) is 12.5. The molecule has 1 aliphatic carbocycles. The van der Waals surface area contributed by atoms with E-state index >= 15 is 0 Å². The molecule has 3 aromatic heterocycles. The quantitative estimate of drug-likeness (QED) is 0.174. The fourth-order valence-corrected chi connectivity index (χ4v) is 7.03. The predicted octanol–water partition coefficient (Wildman–Crippen LogP) is 4.65. The van der Waals surface area contributed by atoms with Crippen LogP contribution in [0.3, 0.4) is 0 Å². The molecule has 198 valence electrons. The molecule has 0 spiro atoms. The summed E-state index contributed by atoms with van der Waals surface area (Å²) < 4.78 is 12.0. The summed E-state index contributed by atoms with van der Waals surface area (Å²) >= 11 is 2.90. The molecule has 0 radical (unpaired) electrons. The maximum Gasteiger partial charge on any atom is 0.337 e. The van der Waals surface area contributed by atoms with E-state index in [9.17, 15) is 14.4 Å². The Morgan fingerprint density at radius 1 is 1.13 bits per heavy atom. The Morgan fingerprint density at radius 2 is 1.95 bits per heavy atom. The number of thioether (sulfide) groups is 1. The number of benzene rings is 2. The van der Waals surface area contributed by atoms with E-state index in [1.54, 1.807) is 22.0 Å². The standard InChI is InChI=1S/C28H24N4O5S2/c1-3-37-17-10-8-16(9-11-17)32-26(34)23-19-5-4-6-21(19)39-25(23)31-28(32)38-14-22-29-20-13-15(27(35)36-2)7-12-18(20)24(33)30-22/h7-13H,3-6,14H2,1-2H3,(H,29,30,33). The van der Waals surface area contributed by atoms with Crippen LogP contribution in [0.15, 0.2) is 57.2 Å². The highest BCUT2D eigenvalue weighted by Crippen LogP contribution is 2.36. The van der Waals surface area contributed by atoms with E-state index in [-0.39, 0.29) is 16.9 Å². The number of aromatic nitrogens is 4. The number of hydrogen-bond acceptors (Lipinski definition) is 9. The molecule has 0 unspecified atom stereocenters. The fourth-order valence-electron chi connectivity index (χ4n) is 4.84. The lowest BCUT2D eigenvalue weighted by Crippen LogP contribution is -2.22. The molecule has 5 aromatic rings. The normalized spacial score (nSPS) is 12.7. The highest BCUT2D eigenvalue weighted by molar-refractivity contribution is 7.98. The number of H-pyrrole nitrogens is 1. The topological polar surface area (TPSA) is 116 Å². The lowest BCUT2D eigenvalue weighted by Gasteiger charge is -2.13. The van der Waals surface area contributed by atoms with Crippen LogP contribution in [0.4, 0.5) is 0 Å². The number of carbonyl (C=O) groups excluding carboxylic acids is 1. The van der Waals surface area contributed by atoms with Crippen molar-refractivity contribution in [3.8, 4) is 11.4 Å². The van der Waals surface area contributed by atoms with Gasteiger partial charge in [-0.25, -0.2) is 14.8 Å². The van der Waals surface area contributed by atoms with Crippen molar-refractivity contribution in [2.75, 3.05) is 13.7 Å². The lowest BCUT2D eigenvalue weighted by molar-refractivity contribution is 0.0601. The molecule has 0 saturated carbocycles. The number of aromatic amines is 1. The molecule has 0 amide bonds. The molecular weight excluding hydrogens is 536 g/mol. The Bertz CT molecular complexity index is 1860. The number of aryl methyl sites for hydroxylation is 2. The summed E-state index contributed by atoms with van der Waals surface area (Å²) in [4.78, 5) is 52.9. The summed E-state index contributed by atoms with van der Waals surface area (Å²) in [7, 11) is 1.30. The monoisotopic (exact) mass is 560 g/mol. The summed E-state index contributed by atoms with van der Waals surface area (Å²) in [5.41, 5.74) is 2.08. The Morgan fingerprint density at radius 3 is 2.72 bits per heavy atom. The van der Waals surface area contributed by atoms with E-state index in [4.69, 9.17) is 14.5 Å². The average Bonchev–Trinajstić information content (AvgIpc) is 3.53. The van der Waals surface area contributed by atoms with Gasteiger partial charge in [-0.15, -0.1) is 11.3 Å². The summed E-state index contributed by atoms with van der Waals surface area (Å²) in [6, 6.07) is 12.0. The zero-order valence-corrected chi connectivity index (χ0v) is 22.9. The third-order valence-corrected chi connectivity index (χ3v) is 8.76. The molecule has 0 aliphatic heterocycles. The van der Waals surface area contributed by atoms with E-state index in [1.165, 1.54) is 35.9 Å². The van der Waals surface area contributed by atoms with Gasteiger partial charge in [0.15, 0.2) is 5.16 Å². The minimum Gasteiger partial charge on any atom is -0.494 e. The first-order chi connectivity index (χ1) is 19.0. The lowest BCUT2D eigenvalue weighted by atomic mass is 10.1. The van der Waals surface area contributed by atoms with Crippen LogP contribution in [-0.4, -0.2) is 39.2 Å². The first-order valence-corrected chi connectivity index (χ1v) is 14.3. The molecule has 0 saturated heterocycles. The van der Waals surface area contributed by atoms with Gasteiger partial charge in [-0.2, -0.15) is 0 Å². The van der Waals surface area contributed by atoms with Crippen LogP contribution in [0.25, 0.3) is 26.8 Å². The van der Waals surface area contributed by atoms with Gasteiger partial charge in [0.2, 0.25) is 0 Å². The van der Waals surface area contributed by atoms with Crippen LogP contribution in [0.1, 0.15) is 40.0 Å². The Labute approximate surface area is 230 Å². The molecule has 2 aromatic carbocycles. The Kier molecular flexibility index (Phi) is 6.69. The second kappa shape index (κ2) is 10.3.